The van der Waals surface area contributed by atoms with Gasteiger partial charge in [-0.1, -0.05) is 19.9 Å². The SMILES string of the molecule is CC(C)C(=O)Nc1cncc(C2CCC3NNC(c4nc5nccc(-c6cccs6)c5[nH]4)C3C2)c1. The van der Waals surface area contributed by atoms with E-state index < -0.39 is 0 Å². The van der Waals surface area contributed by atoms with Crippen molar-refractivity contribution in [2.45, 2.75) is 51.1 Å². The van der Waals surface area contributed by atoms with Gasteiger partial charge in [-0.3, -0.25) is 15.2 Å². The highest BCUT2D eigenvalue weighted by atomic mass is 32.1. The molecule has 4 aromatic heterocycles. The van der Waals surface area contributed by atoms with E-state index in [9.17, 15) is 4.79 Å². The smallest absolute Gasteiger partial charge is 0.226 e. The van der Waals surface area contributed by atoms with Crippen LogP contribution in [0.25, 0.3) is 21.6 Å². The molecule has 0 radical (unpaired) electrons. The first kappa shape index (κ1) is 22.3. The summed E-state index contributed by atoms with van der Waals surface area (Å²) in [4.78, 5) is 30.8. The van der Waals surface area contributed by atoms with Crippen LogP contribution in [0, 0.1) is 11.8 Å². The highest BCUT2D eigenvalue weighted by molar-refractivity contribution is 7.13. The number of aromatic nitrogens is 4. The van der Waals surface area contributed by atoms with Gasteiger partial charge in [-0.05, 0) is 60.2 Å². The number of imidazole rings is 1. The molecule has 0 aromatic carbocycles. The van der Waals surface area contributed by atoms with Gasteiger partial charge in [-0.25, -0.2) is 15.4 Å². The van der Waals surface area contributed by atoms with E-state index in [4.69, 9.17) is 4.98 Å². The van der Waals surface area contributed by atoms with Crippen molar-refractivity contribution in [2.24, 2.45) is 11.8 Å². The number of nitrogens with one attached hydrogen (secondary N) is 4. The van der Waals surface area contributed by atoms with Crippen LogP contribution in [0.3, 0.4) is 0 Å². The first-order valence-electron chi connectivity index (χ1n) is 12.2. The van der Waals surface area contributed by atoms with Gasteiger partial charge in [0.05, 0.1) is 23.4 Å². The molecule has 1 saturated heterocycles. The minimum absolute atomic E-state index is 0.0114. The Labute approximate surface area is 208 Å². The lowest BCUT2D eigenvalue weighted by Gasteiger charge is -2.33. The van der Waals surface area contributed by atoms with Crippen molar-refractivity contribution in [3.05, 3.63) is 59.6 Å². The van der Waals surface area contributed by atoms with E-state index in [0.717, 1.165) is 47.5 Å². The minimum atomic E-state index is -0.0656. The zero-order valence-corrected chi connectivity index (χ0v) is 20.6. The lowest BCUT2D eigenvalue weighted by Crippen LogP contribution is -2.34. The molecule has 35 heavy (non-hydrogen) atoms. The highest BCUT2D eigenvalue weighted by Gasteiger charge is 2.42. The van der Waals surface area contributed by atoms with Crippen LogP contribution in [0.1, 0.15) is 56.5 Å². The van der Waals surface area contributed by atoms with Gasteiger partial charge >= 0.3 is 0 Å². The van der Waals surface area contributed by atoms with Gasteiger partial charge in [-0.2, -0.15) is 0 Å². The fourth-order valence-corrected chi connectivity index (χ4v) is 6.14. The first-order valence-corrected chi connectivity index (χ1v) is 13.1. The Bertz CT molecular complexity index is 1350. The molecule has 180 valence electrons. The van der Waals surface area contributed by atoms with Crippen molar-refractivity contribution >= 4 is 34.1 Å². The first-order chi connectivity index (χ1) is 17.1. The number of carbonyl (C=O) groups excluding carboxylic acids is 1. The zero-order valence-electron chi connectivity index (χ0n) is 19.8. The molecule has 2 fully saturated rings. The van der Waals surface area contributed by atoms with E-state index in [1.165, 1.54) is 10.4 Å². The Kier molecular flexibility index (Phi) is 5.83. The summed E-state index contributed by atoms with van der Waals surface area (Å²) in [6.07, 6.45) is 8.67. The monoisotopic (exact) mass is 487 g/mol. The number of anilines is 1. The van der Waals surface area contributed by atoms with Gasteiger partial charge in [0.25, 0.3) is 0 Å². The van der Waals surface area contributed by atoms with Crippen LogP contribution < -0.4 is 16.2 Å². The number of carbonyl (C=O) groups is 1. The van der Waals surface area contributed by atoms with Crippen molar-refractivity contribution in [2.75, 3.05) is 5.32 Å². The number of pyridine rings is 2. The fourth-order valence-electron chi connectivity index (χ4n) is 5.38. The Morgan fingerprint density at radius 1 is 1.20 bits per heavy atom. The molecule has 4 atom stereocenters. The average Bonchev–Trinajstić information content (AvgIpc) is 3.62. The third-order valence-electron chi connectivity index (χ3n) is 7.27. The third kappa shape index (κ3) is 4.24. The molecule has 2 aliphatic rings. The summed E-state index contributed by atoms with van der Waals surface area (Å²) in [6.45, 7) is 3.79. The lowest BCUT2D eigenvalue weighted by molar-refractivity contribution is -0.118. The summed E-state index contributed by atoms with van der Waals surface area (Å²) < 4.78 is 0. The molecule has 1 aliphatic heterocycles. The maximum Gasteiger partial charge on any atom is 0.226 e. The molecule has 1 aliphatic carbocycles. The van der Waals surface area contributed by atoms with E-state index in [1.54, 1.807) is 17.5 Å². The van der Waals surface area contributed by atoms with E-state index >= 15 is 0 Å². The summed E-state index contributed by atoms with van der Waals surface area (Å²) in [7, 11) is 0. The van der Waals surface area contributed by atoms with Crippen molar-refractivity contribution in [3.8, 4) is 10.4 Å². The predicted octanol–water partition coefficient (Wildman–Crippen LogP) is 4.78. The van der Waals surface area contributed by atoms with Gasteiger partial charge in [-0.15, -0.1) is 11.3 Å². The molecule has 0 bridgehead atoms. The lowest BCUT2D eigenvalue weighted by atomic mass is 9.73. The van der Waals surface area contributed by atoms with Crippen LogP contribution in [0.4, 0.5) is 5.69 Å². The molecule has 1 amide bonds. The molecule has 8 nitrogen and oxygen atoms in total. The molecule has 1 saturated carbocycles. The quantitative estimate of drug-likeness (QED) is 0.323. The van der Waals surface area contributed by atoms with Crippen molar-refractivity contribution in [3.63, 3.8) is 0 Å². The van der Waals surface area contributed by atoms with Crippen molar-refractivity contribution < 1.29 is 4.79 Å². The van der Waals surface area contributed by atoms with E-state index in [2.05, 4.69) is 54.7 Å². The maximum absolute atomic E-state index is 12.2. The number of thiophene rings is 1. The number of amides is 1. The van der Waals surface area contributed by atoms with Crippen molar-refractivity contribution in [1.29, 1.82) is 0 Å². The molecule has 6 rings (SSSR count). The standard InChI is InChI=1S/C26H29N7OS/c1-14(2)26(34)29-17-10-16(12-27-13-17)15-5-6-20-19(11-15)23(33-32-20)25-30-22-18(21-4-3-9-35-21)7-8-28-24(22)31-25/h3-4,7-10,12-15,19-20,23,32-33H,5-6,11H2,1-2H3,(H,29,34)(H,28,30,31). The Hall–Kier alpha value is -3.14. The molecular weight excluding hydrogens is 458 g/mol. The largest absolute Gasteiger partial charge is 0.339 e. The van der Waals surface area contributed by atoms with Crippen LogP contribution in [0.15, 0.2) is 48.2 Å². The molecular formula is C26H29N7OS. The third-order valence-corrected chi connectivity index (χ3v) is 8.17. The number of nitrogens with zero attached hydrogens (tertiary/aromatic N) is 3. The molecule has 4 aromatic rings. The second kappa shape index (κ2) is 9.14. The number of hydrogen-bond donors (Lipinski definition) is 4. The summed E-state index contributed by atoms with van der Waals surface area (Å²) in [5.74, 6) is 1.64. The van der Waals surface area contributed by atoms with Gasteiger partial charge in [0.2, 0.25) is 5.91 Å². The summed E-state index contributed by atoms with van der Waals surface area (Å²) in [5.41, 5.74) is 11.9. The Morgan fingerprint density at radius 2 is 2.11 bits per heavy atom. The van der Waals surface area contributed by atoms with Gasteiger partial charge in [0.1, 0.15) is 5.82 Å². The second-order valence-electron chi connectivity index (χ2n) is 9.85. The fraction of sp³-hybridized carbons (Fsp3) is 0.385. The van der Waals surface area contributed by atoms with Gasteiger partial charge in [0.15, 0.2) is 5.65 Å². The Balaban J connectivity index is 1.25. The normalized spacial score (nSPS) is 24.1. The number of fused-ring (bicyclic) bond motifs is 2. The number of aromatic amines is 1. The predicted molar refractivity (Wildman–Crippen MR) is 138 cm³/mol. The van der Waals surface area contributed by atoms with Gasteiger partial charge in [0, 0.05) is 34.8 Å². The zero-order chi connectivity index (χ0) is 23.9. The maximum atomic E-state index is 12.2. The summed E-state index contributed by atoms with van der Waals surface area (Å²) in [5, 5.41) is 5.08. The van der Waals surface area contributed by atoms with E-state index in [-0.39, 0.29) is 17.9 Å². The molecule has 4 N–H and O–H groups in total. The topological polar surface area (TPSA) is 108 Å². The number of H-pyrrole nitrogens is 1. The number of hydrogen-bond acceptors (Lipinski definition) is 7. The molecule has 5 heterocycles. The summed E-state index contributed by atoms with van der Waals surface area (Å²) in [6, 6.07) is 8.80. The van der Waals surface area contributed by atoms with Crippen LogP contribution in [0.5, 0.6) is 0 Å². The average molecular weight is 488 g/mol. The van der Waals surface area contributed by atoms with Crippen LogP contribution in [-0.2, 0) is 4.79 Å². The minimum Gasteiger partial charge on any atom is -0.339 e. The highest BCUT2D eigenvalue weighted by Crippen LogP contribution is 2.44. The van der Waals surface area contributed by atoms with Crippen LogP contribution >= 0.6 is 11.3 Å². The van der Waals surface area contributed by atoms with E-state index in [0.29, 0.717) is 17.9 Å². The van der Waals surface area contributed by atoms with Crippen LogP contribution in [-0.4, -0.2) is 31.9 Å². The van der Waals surface area contributed by atoms with E-state index in [1.807, 2.05) is 32.3 Å². The Morgan fingerprint density at radius 3 is 2.94 bits per heavy atom. The van der Waals surface area contributed by atoms with Gasteiger partial charge < -0.3 is 10.3 Å². The summed E-state index contributed by atoms with van der Waals surface area (Å²) >= 11 is 1.72. The molecule has 0 spiro atoms. The number of rotatable bonds is 5. The van der Waals surface area contributed by atoms with Crippen molar-refractivity contribution in [1.82, 2.24) is 30.8 Å². The molecule has 4 unspecified atom stereocenters. The number of hydrazine groups is 1. The van der Waals surface area contributed by atoms with Crippen LogP contribution in [0.2, 0.25) is 0 Å². The second-order valence-corrected chi connectivity index (χ2v) is 10.8. The molecule has 9 heteroatoms.